The lowest BCUT2D eigenvalue weighted by molar-refractivity contribution is -0.384. The molecule has 2 N–H and O–H groups in total. The summed E-state index contributed by atoms with van der Waals surface area (Å²) in [6.07, 6.45) is 0.858. The molecule has 0 aromatic heterocycles. The minimum absolute atomic E-state index is 0.0400. The number of nitro groups is 1. The number of hydrogen-bond donors (Lipinski definition) is 2. The van der Waals surface area contributed by atoms with Crippen molar-refractivity contribution < 1.29 is 14.5 Å². The molecule has 0 bridgehead atoms. The topological polar surface area (TPSA) is 114 Å². The summed E-state index contributed by atoms with van der Waals surface area (Å²) in [5.41, 5.74) is 4.13. The van der Waals surface area contributed by atoms with Gasteiger partial charge in [-0.1, -0.05) is 36.4 Å². The molecule has 0 unspecified atom stereocenters. The molecule has 0 fully saturated rings. The minimum Gasteiger partial charge on any atom is -0.326 e. The maximum Gasteiger partial charge on any atom is 0.271 e. The van der Waals surface area contributed by atoms with Gasteiger partial charge in [-0.25, -0.2) is 5.43 Å². The predicted molar refractivity (Wildman–Crippen MR) is 102 cm³/mol. The van der Waals surface area contributed by atoms with Crippen molar-refractivity contribution in [2.24, 2.45) is 5.10 Å². The second-order valence-corrected chi connectivity index (χ2v) is 5.90. The number of carbonyl (C=O) groups excluding carboxylic acids is 2. The Balaban J connectivity index is 1.78. The van der Waals surface area contributed by atoms with Crippen LogP contribution in [0.3, 0.4) is 0 Å². The van der Waals surface area contributed by atoms with Gasteiger partial charge in [0.05, 0.1) is 11.3 Å². The van der Waals surface area contributed by atoms with Gasteiger partial charge in [0.1, 0.15) is 0 Å². The maximum atomic E-state index is 12.0. The molecule has 0 atom stereocenters. The van der Waals surface area contributed by atoms with Crippen LogP contribution in [0.15, 0.2) is 59.7 Å². The summed E-state index contributed by atoms with van der Waals surface area (Å²) >= 11 is 0. The van der Waals surface area contributed by atoms with Crippen LogP contribution in [0.4, 0.5) is 11.4 Å². The van der Waals surface area contributed by atoms with Crippen LogP contribution in [-0.2, 0) is 16.0 Å². The van der Waals surface area contributed by atoms with E-state index in [1.165, 1.54) is 18.2 Å². The van der Waals surface area contributed by atoms with Crippen LogP contribution in [0.5, 0.6) is 0 Å². The summed E-state index contributed by atoms with van der Waals surface area (Å²) in [6.45, 7) is 1.62. The zero-order valence-electron chi connectivity index (χ0n) is 14.8. The van der Waals surface area contributed by atoms with Crippen LogP contribution < -0.4 is 10.7 Å². The van der Waals surface area contributed by atoms with Gasteiger partial charge in [-0.15, -0.1) is 0 Å². The molecular formula is C19H20N4O4. The number of hydrogen-bond acceptors (Lipinski definition) is 5. The summed E-state index contributed by atoms with van der Waals surface area (Å²) in [7, 11) is 0. The van der Waals surface area contributed by atoms with Crippen molar-refractivity contribution in [2.45, 2.75) is 26.2 Å². The fourth-order valence-corrected chi connectivity index (χ4v) is 2.29. The Morgan fingerprint density at radius 2 is 1.81 bits per heavy atom. The van der Waals surface area contributed by atoms with E-state index in [2.05, 4.69) is 15.8 Å². The van der Waals surface area contributed by atoms with Crippen LogP contribution in [0.1, 0.15) is 25.3 Å². The number of aryl methyl sites for hydroxylation is 1. The Labute approximate surface area is 156 Å². The van der Waals surface area contributed by atoms with Crippen LogP contribution in [0.2, 0.25) is 0 Å². The summed E-state index contributed by atoms with van der Waals surface area (Å²) in [5, 5.41) is 17.2. The van der Waals surface area contributed by atoms with E-state index in [0.29, 0.717) is 24.2 Å². The van der Waals surface area contributed by atoms with E-state index in [1.807, 2.05) is 30.3 Å². The molecule has 0 saturated heterocycles. The number of rotatable bonds is 8. The lowest BCUT2D eigenvalue weighted by atomic mass is 10.1. The molecule has 2 amide bonds. The first kappa shape index (κ1) is 19.8. The molecule has 0 aliphatic heterocycles. The molecule has 140 valence electrons. The largest absolute Gasteiger partial charge is 0.326 e. The van der Waals surface area contributed by atoms with Crippen molar-refractivity contribution >= 4 is 28.9 Å². The second-order valence-electron chi connectivity index (χ2n) is 5.90. The smallest absolute Gasteiger partial charge is 0.271 e. The monoisotopic (exact) mass is 368 g/mol. The number of anilines is 1. The fraction of sp³-hybridized carbons (Fsp3) is 0.211. The molecule has 0 spiro atoms. The van der Waals surface area contributed by atoms with Crippen molar-refractivity contribution in [3.63, 3.8) is 0 Å². The molecule has 0 saturated carbocycles. The average Bonchev–Trinajstić information content (AvgIpc) is 2.65. The number of hydrazone groups is 1. The lowest BCUT2D eigenvalue weighted by Gasteiger charge is -2.06. The summed E-state index contributed by atoms with van der Waals surface area (Å²) in [4.78, 5) is 34.0. The van der Waals surface area contributed by atoms with Crippen LogP contribution in [0, 0.1) is 10.1 Å². The minimum atomic E-state index is -0.534. The standard InChI is InChI=1S/C19H20N4O4/c1-14(21-22-18(24)11-10-15-6-3-2-4-7-15)12-19(25)20-16-8-5-9-17(13-16)23(26)27/h2-9,13H,10-12H2,1H3,(H,20,25)(H,22,24)/b21-14-. The first-order valence-electron chi connectivity index (χ1n) is 8.34. The molecule has 2 aromatic carbocycles. The van der Waals surface area contributed by atoms with Gasteiger partial charge in [-0.2, -0.15) is 5.10 Å². The SMILES string of the molecule is C/C(CC(=O)Nc1cccc([N+](=O)[O-])c1)=N/NC(=O)CCc1ccccc1. The molecule has 2 rings (SSSR count). The Hall–Kier alpha value is -3.55. The first-order valence-corrected chi connectivity index (χ1v) is 8.34. The molecule has 8 heteroatoms. The molecule has 0 heterocycles. The summed E-state index contributed by atoms with van der Waals surface area (Å²) in [5.74, 6) is -0.618. The van der Waals surface area contributed by atoms with E-state index < -0.39 is 4.92 Å². The van der Waals surface area contributed by atoms with E-state index in [9.17, 15) is 19.7 Å². The maximum absolute atomic E-state index is 12.0. The van der Waals surface area contributed by atoms with Crippen LogP contribution in [0.25, 0.3) is 0 Å². The van der Waals surface area contributed by atoms with Gasteiger partial charge in [0.15, 0.2) is 0 Å². The first-order chi connectivity index (χ1) is 12.9. The van der Waals surface area contributed by atoms with E-state index >= 15 is 0 Å². The highest BCUT2D eigenvalue weighted by molar-refractivity contribution is 6.05. The van der Waals surface area contributed by atoms with E-state index in [1.54, 1.807) is 13.0 Å². The Morgan fingerprint density at radius 3 is 2.52 bits per heavy atom. The Bertz CT molecular complexity index is 850. The molecule has 0 aliphatic rings. The van der Waals surface area contributed by atoms with Crippen molar-refractivity contribution in [1.29, 1.82) is 0 Å². The van der Waals surface area contributed by atoms with Gasteiger partial charge < -0.3 is 5.32 Å². The number of non-ortho nitro benzene ring substituents is 1. The van der Waals surface area contributed by atoms with Gasteiger partial charge in [0.2, 0.25) is 11.8 Å². The van der Waals surface area contributed by atoms with Crippen molar-refractivity contribution in [3.8, 4) is 0 Å². The normalized spacial score (nSPS) is 10.9. The zero-order chi connectivity index (χ0) is 19.6. The van der Waals surface area contributed by atoms with Gasteiger partial charge in [-0.05, 0) is 25.0 Å². The van der Waals surface area contributed by atoms with Crippen LogP contribution in [-0.4, -0.2) is 22.4 Å². The predicted octanol–water partition coefficient (Wildman–Crippen LogP) is 3.05. The number of benzene rings is 2. The second kappa shape index (κ2) is 9.81. The molecule has 0 aliphatic carbocycles. The van der Waals surface area contributed by atoms with Gasteiger partial charge in [-0.3, -0.25) is 19.7 Å². The van der Waals surface area contributed by atoms with Gasteiger partial charge in [0.25, 0.3) is 5.69 Å². The quantitative estimate of drug-likeness (QED) is 0.423. The molecule has 2 aromatic rings. The Morgan fingerprint density at radius 1 is 1.07 bits per heavy atom. The summed E-state index contributed by atoms with van der Waals surface area (Å²) in [6, 6.07) is 15.3. The highest BCUT2D eigenvalue weighted by Crippen LogP contribution is 2.17. The van der Waals surface area contributed by atoms with Gasteiger partial charge >= 0.3 is 0 Å². The van der Waals surface area contributed by atoms with Crippen molar-refractivity contribution in [1.82, 2.24) is 5.43 Å². The highest BCUT2D eigenvalue weighted by Gasteiger charge is 2.09. The average molecular weight is 368 g/mol. The fourth-order valence-electron chi connectivity index (χ4n) is 2.29. The number of carbonyl (C=O) groups is 2. The number of amides is 2. The third kappa shape index (κ3) is 7.07. The van der Waals surface area contributed by atoms with Gasteiger partial charge in [0, 0.05) is 30.0 Å². The summed E-state index contributed by atoms with van der Waals surface area (Å²) < 4.78 is 0. The third-order valence-electron chi connectivity index (χ3n) is 3.61. The molecular weight excluding hydrogens is 348 g/mol. The van der Waals surface area contributed by atoms with E-state index in [0.717, 1.165) is 5.56 Å². The van der Waals surface area contributed by atoms with Crippen LogP contribution >= 0.6 is 0 Å². The molecule has 27 heavy (non-hydrogen) atoms. The molecule has 8 nitrogen and oxygen atoms in total. The number of nitrogens with zero attached hydrogens (tertiary/aromatic N) is 2. The lowest BCUT2D eigenvalue weighted by Crippen LogP contribution is -2.21. The van der Waals surface area contributed by atoms with Crippen molar-refractivity contribution in [3.05, 3.63) is 70.3 Å². The highest BCUT2D eigenvalue weighted by atomic mass is 16.6. The zero-order valence-corrected chi connectivity index (χ0v) is 14.8. The Kier molecular flexibility index (Phi) is 7.18. The van der Waals surface area contributed by atoms with Crippen molar-refractivity contribution in [2.75, 3.05) is 5.32 Å². The molecule has 0 radical (unpaired) electrons. The van der Waals surface area contributed by atoms with E-state index in [4.69, 9.17) is 0 Å². The van der Waals surface area contributed by atoms with E-state index in [-0.39, 0.29) is 23.9 Å². The third-order valence-corrected chi connectivity index (χ3v) is 3.61. The number of nitrogens with one attached hydrogen (secondary N) is 2. The number of nitro benzene ring substituents is 1.